The fourth-order valence-electron chi connectivity index (χ4n) is 9.32. The predicted molar refractivity (Wildman–Crippen MR) is 145 cm³/mol. The third kappa shape index (κ3) is 3.79. The van der Waals surface area contributed by atoms with Crippen molar-refractivity contribution in [1.29, 1.82) is 0 Å². The minimum atomic E-state index is -1.06. The fourth-order valence-corrected chi connectivity index (χ4v) is 9.32. The predicted octanol–water partition coefficient (Wildman–Crippen LogP) is 4.85. The van der Waals surface area contributed by atoms with Gasteiger partial charge in [0.25, 0.3) is 0 Å². The number of rotatable bonds is 4. The second-order valence-corrected chi connectivity index (χ2v) is 13.7. The van der Waals surface area contributed by atoms with Crippen LogP contribution < -0.4 is 0 Å². The lowest BCUT2D eigenvalue weighted by Crippen LogP contribution is -2.70. The van der Waals surface area contributed by atoms with E-state index in [0.717, 1.165) is 24.0 Å². The number of ether oxygens (including phenoxy) is 3. The van der Waals surface area contributed by atoms with Crippen LogP contribution in [0.3, 0.4) is 0 Å². The molecule has 0 amide bonds. The van der Waals surface area contributed by atoms with E-state index in [9.17, 15) is 19.5 Å². The lowest BCUT2D eigenvalue weighted by molar-refractivity contribution is -0.227. The molecule has 0 aromatic heterocycles. The lowest BCUT2D eigenvalue weighted by Gasteiger charge is -2.67. The molecule has 2 fully saturated rings. The maximum Gasteiger partial charge on any atom is 0.336 e. The SMILES string of the molecule is COC1C=C(C2CC=C3C2(C)CCC2C4(C)C=CC(=O)C(C)(C)C4C(O)C(OC(=O)C=C(C)C)C32C)C(=O)O1. The highest BCUT2D eigenvalue weighted by Crippen LogP contribution is 2.72. The van der Waals surface area contributed by atoms with Crippen LogP contribution in [0.5, 0.6) is 0 Å². The average molecular weight is 539 g/mol. The van der Waals surface area contributed by atoms with Crippen LogP contribution >= 0.6 is 0 Å². The van der Waals surface area contributed by atoms with E-state index in [1.807, 2.05) is 33.8 Å². The van der Waals surface area contributed by atoms with Crippen LogP contribution in [0.25, 0.3) is 0 Å². The standard InChI is InChI=1S/C32H42O7/c1-17(2)15-23(34)38-27-25(35)26-29(3,4)22(33)12-14-31(26,6)21-11-13-30(5)19(9-10-20(30)32(21,27)7)18-16-24(37-8)39-28(18)36/h10,12,14-16,19,21,24-27,35H,9,11,13H2,1-8H3. The average Bonchev–Trinajstić information content (AvgIpc) is 3.38. The third-order valence-corrected chi connectivity index (χ3v) is 10.9. The zero-order valence-electron chi connectivity index (χ0n) is 24.4. The van der Waals surface area contributed by atoms with Gasteiger partial charge in [0.05, 0.1) is 6.10 Å². The highest BCUT2D eigenvalue weighted by atomic mass is 16.7. The molecule has 2 saturated carbocycles. The van der Waals surface area contributed by atoms with Gasteiger partial charge in [-0.15, -0.1) is 0 Å². The number of aliphatic hydroxyl groups is 1. The largest absolute Gasteiger partial charge is 0.455 e. The first-order chi connectivity index (χ1) is 18.1. The normalized spacial score (nSPS) is 43.9. The molecule has 1 heterocycles. The summed E-state index contributed by atoms with van der Waals surface area (Å²) in [4.78, 5) is 39.1. The van der Waals surface area contributed by atoms with E-state index >= 15 is 0 Å². The molecule has 212 valence electrons. The monoisotopic (exact) mass is 538 g/mol. The Bertz CT molecular complexity index is 1230. The molecule has 0 bridgehead atoms. The maximum atomic E-state index is 13.1. The van der Waals surface area contributed by atoms with E-state index in [0.29, 0.717) is 12.0 Å². The van der Waals surface area contributed by atoms with Gasteiger partial charge in [0, 0.05) is 41.4 Å². The molecule has 5 rings (SSSR count). The van der Waals surface area contributed by atoms with E-state index in [1.165, 1.54) is 13.2 Å². The molecule has 4 aliphatic carbocycles. The topological polar surface area (TPSA) is 99.1 Å². The lowest BCUT2D eigenvalue weighted by atomic mass is 9.37. The Hall–Kier alpha value is -2.51. The molecule has 9 atom stereocenters. The van der Waals surface area contributed by atoms with Crippen molar-refractivity contribution in [3.63, 3.8) is 0 Å². The third-order valence-electron chi connectivity index (χ3n) is 10.9. The molecule has 39 heavy (non-hydrogen) atoms. The van der Waals surface area contributed by atoms with Crippen molar-refractivity contribution in [3.05, 3.63) is 47.1 Å². The molecule has 0 radical (unpaired) electrons. The van der Waals surface area contributed by atoms with Crippen LogP contribution in [-0.4, -0.2) is 48.4 Å². The quantitative estimate of drug-likeness (QED) is 0.310. The fraction of sp³-hybridized carbons (Fsp3) is 0.656. The Morgan fingerprint density at radius 1 is 1.15 bits per heavy atom. The number of allylic oxidation sites excluding steroid dienone is 4. The first kappa shape index (κ1) is 28.0. The van der Waals surface area contributed by atoms with Crippen molar-refractivity contribution in [1.82, 2.24) is 0 Å². The van der Waals surface area contributed by atoms with Gasteiger partial charge in [0.1, 0.15) is 6.10 Å². The Labute approximate surface area is 231 Å². The first-order valence-corrected chi connectivity index (χ1v) is 14.1. The van der Waals surface area contributed by atoms with Crippen molar-refractivity contribution in [2.75, 3.05) is 7.11 Å². The molecule has 9 unspecified atom stereocenters. The van der Waals surface area contributed by atoms with E-state index in [-0.39, 0.29) is 23.6 Å². The number of ketones is 1. The number of hydrogen-bond donors (Lipinski definition) is 1. The Balaban J connectivity index is 1.65. The summed E-state index contributed by atoms with van der Waals surface area (Å²) in [5, 5.41) is 12.1. The molecule has 1 aliphatic heterocycles. The van der Waals surface area contributed by atoms with Crippen molar-refractivity contribution in [3.8, 4) is 0 Å². The minimum absolute atomic E-state index is 0.000774. The van der Waals surface area contributed by atoms with Gasteiger partial charge in [-0.1, -0.05) is 57.9 Å². The van der Waals surface area contributed by atoms with Crippen LogP contribution in [0.15, 0.2) is 47.1 Å². The van der Waals surface area contributed by atoms with Gasteiger partial charge in [-0.05, 0) is 62.0 Å². The summed E-state index contributed by atoms with van der Waals surface area (Å²) in [5.74, 6) is -1.40. The van der Waals surface area contributed by atoms with Crippen molar-refractivity contribution in [2.45, 2.75) is 86.2 Å². The summed E-state index contributed by atoms with van der Waals surface area (Å²) in [6, 6.07) is 0. The zero-order chi connectivity index (χ0) is 28.7. The summed E-state index contributed by atoms with van der Waals surface area (Å²) >= 11 is 0. The van der Waals surface area contributed by atoms with Gasteiger partial charge in [0.2, 0.25) is 6.29 Å². The number of carbonyl (C=O) groups is 3. The number of hydrogen-bond acceptors (Lipinski definition) is 7. The number of aliphatic hydroxyl groups excluding tert-OH is 1. The molecule has 5 aliphatic rings. The first-order valence-electron chi connectivity index (χ1n) is 14.1. The molecule has 0 spiro atoms. The molecule has 0 aromatic carbocycles. The summed E-state index contributed by atoms with van der Waals surface area (Å²) in [6.45, 7) is 13.9. The highest BCUT2D eigenvalue weighted by Gasteiger charge is 2.71. The number of fused-ring (bicyclic) bond motifs is 5. The molecule has 7 heteroatoms. The Kier molecular flexibility index (Phi) is 6.47. The van der Waals surface area contributed by atoms with Crippen LogP contribution in [0.1, 0.15) is 67.7 Å². The number of cyclic esters (lactones) is 1. The summed E-state index contributed by atoms with van der Waals surface area (Å²) < 4.78 is 16.9. The van der Waals surface area contributed by atoms with Crippen molar-refractivity contribution in [2.24, 2.45) is 39.4 Å². The van der Waals surface area contributed by atoms with Gasteiger partial charge in [0.15, 0.2) is 5.78 Å². The van der Waals surface area contributed by atoms with Gasteiger partial charge >= 0.3 is 11.9 Å². The smallest absolute Gasteiger partial charge is 0.336 e. The molecule has 7 nitrogen and oxygen atoms in total. The van der Waals surface area contributed by atoms with Gasteiger partial charge in [-0.3, -0.25) is 4.79 Å². The number of esters is 2. The van der Waals surface area contributed by atoms with Crippen molar-refractivity contribution < 1.29 is 33.7 Å². The molecule has 1 N–H and O–H groups in total. The number of methoxy groups -OCH3 is 1. The Morgan fingerprint density at radius 3 is 2.46 bits per heavy atom. The van der Waals surface area contributed by atoms with Crippen LogP contribution in [0.2, 0.25) is 0 Å². The van der Waals surface area contributed by atoms with Crippen LogP contribution in [0.4, 0.5) is 0 Å². The summed E-state index contributed by atoms with van der Waals surface area (Å²) in [6.07, 6.45) is 8.77. The van der Waals surface area contributed by atoms with E-state index in [1.54, 1.807) is 12.2 Å². The maximum absolute atomic E-state index is 13.1. The second kappa shape index (κ2) is 9.00. The summed E-state index contributed by atoms with van der Waals surface area (Å²) in [7, 11) is 1.51. The van der Waals surface area contributed by atoms with Crippen LogP contribution in [0, 0.1) is 39.4 Å². The van der Waals surface area contributed by atoms with Crippen LogP contribution in [-0.2, 0) is 28.6 Å². The number of carbonyl (C=O) groups excluding carboxylic acids is 3. The Morgan fingerprint density at radius 2 is 1.85 bits per heavy atom. The van der Waals surface area contributed by atoms with Gasteiger partial charge < -0.3 is 19.3 Å². The minimum Gasteiger partial charge on any atom is -0.455 e. The summed E-state index contributed by atoms with van der Waals surface area (Å²) in [5.41, 5.74) is 0.0999. The van der Waals surface area contributed by atoms with Crippen molar-refractivity contribution >= 4 is 17.7 Å². The highest BCUT2D eigenvalue weighted by molar-refractivity contribution is 5.96. The molecule has 0 aromatic rings. The molecular weight excluding hydrogens is 496 g/mol. The molecular formula is C32H42O7. The van der Waals surface area contributed by atoms with Gasteiger partial charge in [-0.25, -0.2) is 9.59 Å². The second-order valence-electron chi connectivity index (χ2n) is 13.7. The van der Waals surface area contributed by atoms with E-state index < -0.39 is 52.0 Å². The zero-order valence-corrected chi connectivity index (χ0v) is 24.4. The van der Waals surface area contributed by atoms with E-state index in [2.05, 4.69) is 26.8 Å². The van der Waals surface area contributed by atoms with Gasteiger partial charge in [-0.2, -0.15) is 0 Å². The molecule has 0 saturated heterocycles. The van der Waals surface area contributed by atoms with E-state index in [4.69, 9.17) is 14.2 Å².